The standard InChI is InChI=1S/C18H32N6O.HI/c1-2-17-23-21-14-24(17)11-10-19-18(20-13-16-9-6-12-25-16)22-15-7-4-3-5-8-15;/h14-16H,2-13H2,1H3,(H2,19,20,22);1H. The Labute approximate surface area is 173 Å². The Hall–Kier alpha value is -0.900. The van der Waals surface area contributed by atoms with E-state index in [1.165, 1.54) is 32.1 Å². The third kappa shape index (κ3) is 6.68. The van der Waals surface area contributed by atoms with E-state index in [1.807, 2.05) is 0 Å². The minimum absolute atomic E-state index is 0. The van der Waals surface area contributed by atoms with Gasteiger partial charge in [0.15, 0.2) is 5.96 Å². The van der Waals surface area contributed by atoms with Gasteiger partial charge in [0.2, 0.25) is 0 Å². The van der Waals surface area contributed by atoms with Crippen molar-refractivity contribution in [2.24, 2.45) is 4.99 Å². The Morgan fingerprint density at radius 3 is 2.85 bits per heavy atom. The van der Waals surface area contributed by atoms with Crippen LogP contribution in [0.25, 0.3) is 0 Å². The highest BCUT2D eigenvalue weighted by Gasteiger charge is 2.17. The zero-order valence-corrected chi connectivity index (χ0v) is 18.2. The van der Waals surface area contributed by atoms with E-state index in [0.717, 1.165) is 57.3 Å². The average molecular weight is 476 g/mol. The van der Waals surface area contributed by atoms with Crippen LogP contribution in [0, 0.1) is 0 Å². The maximum absolute atomic E-state index is 5.70. The van der Waals surface area contributed by atoms with Gasteiger partial charge in [-0.2, -0.15) is 0 Å². The highest BCUT2D eigenvalue weighted by Crippen LogP contribution is 2.17. The minimum Gasteiger partial charge on any atom is -0.376 e. The molecule has 0 radical (unpaired) electrons. The normalized spacial score (nSPS) is 21.4. The lowest BCUT2D eigenvalue weighted by Crippen LogP contribution is -2.45. The summed E-state index contributed by atoms with van der Waals surface area (Å²) in [6.07, 6.45) is 11.8. The summed E-state index contributed by atoms with van der Waals surface area (Å²) in [5, 5.41) is 15.3. The van der Waals surface area contributed by atoms with E-state index in [9.17, 15) is 0 Å². The number of nitrogens with one attached hydrogen (secondary N) is 2. The molecule has 7 nitrogen and oxygen atoms in total. The van der Waals surface area contributed by atoms with E-state index in [1.54, 1.807) is 6.33 Å². The fourth-order valence-corrected chi connectivity index (χ4v) is 3.61. The highest BCUT2D eigenvalue weighted by molar-refractivity contribution is 14.0. The van der Waals surface area contributed by atoms with Crippen molar-refractivity contribution >= 4 is 29.9 Å². The zero-order chi connectivity index (χ0) is 17.3. The number of aryl methyl sites for hydroxylation is 1. The molecule has 1 atom stereocenters. The fourth-order valence-electron chi connectivity index (χ4n) is 3.61. The molecule has 1 saturated heterocycles. The van der Waals surface area contributed by atoms with Gasteiger partial charge in [0, 0.05) is 32.2 Å². The summed E-state index contributed by atoms with van der Waals surface area (Å²) < 4.78 is 7.81. The number of ether oxygens (including phenoxy) is 1. The molecule has 2 heterocycles. The summed E-state index contributed by atoms with van der Waals surface area (Å²) >= 11 is 0. The number of hydrogen-bond donors (Lipinski definition) is 2. The van der Waals surface area contributed by atoms with Gasteiger partial charge >= 0.3 is 0 Å². The van der Waals surface area contributed by atoms with Crippen LogP contribution in [-0.4, -0.2) is 52.6 Å². The third-order valence-electron chi connectivity index (χ3n) is 5.08. The zero-order valence-electron chi connectivity index (χ0n) is 15.8. The molecule has 148 valence electrons. The Kier molecular flexibility index (Phi) is 9.66. The van der Waals surface area contributed by atoms with Crippen LogP contribution in [0.4, 0.5) is 0 Å². The SMILES string of the molecule is CCc1nncn1CCNC(=NCC1CCCO1)NC1CCCCC1.I. The average Bonchev–Trinajstić information content (AvgIpc) is 3.32. The van der Waals surface area contributed by atoms with E-state index < -0.39 is 0 Å². The number of rotatable bonds is 7. The maximum atomic E-state index is 5.70. The van der Waals surface area contributed by atoms with Crippen molar-refractivity contribution in [1.29, 1.82) is 0 Å². The molecular formula is C18H33IN6O. The first-order valence-electron chi connectivity index (χ1n) is 9.88. The quantitative estimate of drug-likeness (QED) is 0.360. The van der Waals surface area contributed by atoms with Crippen LogP contribution >= 0.6 is 24.0 Å². The van der Waals surface area contributed by atoms with Gasteiger partial charge in [0.05, 0.1) is 12.6 Å². The topological polar surface area (TPSA) is 76.4 Å². The summed E-state index contributed by atoms with van der Waals surface area (Å²) in [6, 6.07) is 0.547. The van der Waals surface area contributed by atoms with Gasteiger partial charge in [-0.3, -0.25) is 4.99 Å². The Bertz CT molecular complexity index is 538. The van der Waals surface area contributed by atoms with Gasteiger partial charge in [0.1, 0.15) is 12.2 Å². The van der Waals surface area contributed by atoms with Crippen molar-refractivity contribution in [2.45, 2.75) is 77.0 Å². The van der Waals surface area contributed by atoms with Crippen LogP contribution in [0.1, 0.15) is 57.7 Å². The van der Waals surface area contributed by atoms with Crippen molar-refractivity contribution in [3.05, 3.63) is 12.2 Å². The number of aliphatic imine (C=N–C) groups is 1. The van der Waals surface area contributed by atoms with E-state index >= 15 is 0 Å². The first-order valence-corrected chi connectivity index (χ1v) is 9.88. The number of hydrogen-bond acceptors (Lipinski definition) is 4. The smallest absolute Gasteiger partial charge is 0.191 e. The molecule has 0 aromatic carbocycles. The van der Waals surface area contributed by atoms with Gasteiger partial charge in [0.25, 0.3) is 0 Å². The highest BCUT2D eigenvalue weighted by atomic mass is 127. The molecule has 0 amide bonds. The fraction of sp³-hybridized carbons (Fsp3) is 0.833. The molecule has 1 aliphatic heterocycles. The van der Waals surface area contributed by atoms with Gasteiger partial charge in [-0.1, -0.05) is 26.2 Å². The van der Waals surface area contributed by atoms with Gasteiger partial charge in [-0.25, -0.2) is 0 Å². The molecule has 1 aliphatic carbocycles. The monoisotopic (exact) mass is 476 g/mol. The second kappa shape index (κ2) is 11.7. The van der Waals surface area contributed by atoms with Crippen molar-refractivity contribution < 1.29 is 4.74 Å². The largest absolute Gasteiger partial charge is 0.376 e. The third-order valence-corrected chi connectivity index (χ3v) is 5.08. The maximum Gasteiger partial charge on any atom is 0.191 e. The molecule has 0 spiro atoms. The molecule has 8 heteroatoms. The first kappa shape index (κ1) is 21.4. The predicted molar refractivity (Wildman–Crippen MR) is 114 cm³/mol. The lowest BCUT2D eigenvalue weighted by molar-refractivity contribution is 0.117. The summed E-state index contributed by atoms with van der Waals surface area (Å²) in [5.74, 6) is 1.95. The number of nitrogens with zero attached hydrogens (tertiary/aromatic N) is 4. The second-order valence-electron chi connectivity index (χ2n) is 7.02. The Morgan fingerprint density at radius 1 is 1.27 bits per heavy atom. The molecule has 2 aliphatic rings. The molecule has 1 saturated carbocycles. The van der Waals surface area contributed by atoms with Gasteiger partial charge < -0.3 is 19.9 Å². The van der Waals surface area contributed by atoms with Gasteiger partial charge in [-0.15, -0.1) is 34.2 Å². The van der Waals surface area contributed by atoms with Crippen molar-refractivity contribution in [2.75, 3.05) is 19.7 Å². The van der Waals surface area contributed by atoms with Crippen LogP contribution in [-0.2, 0) is 17.7 Å². The lowest BCUT2D eigenvalue weighted by atomic mass is 9.96. The predicted octanol–water partition coefficient (Wildman–Crippen LogP) is 2.51. The van der Waals surface area contributed by atoms with E-state index in [2.05, 4.69) is 32.3 Å². The first-order chi connectivity index (χ1) is 12.3. The van der Waals surface area contributed by atoms with Crippen LogP contribution in [0.2, 0.25) is 0 Å². The van der Waals surface area contributed by atoms with Crippen molar-refractivity contribution in [1.82, 2.24) is 25.4 Å². The molecule has 2 N–H and O–H groups in total. The molecular weight excluding hydrogens is 443 g/mol. The molecule has 3 rings (SSSR count). The lowest BCUT2D eigenvalue weighted by Gasteiger charge is -2.25. The van der Waals surface area contributed by atoms with Crippen LogP contribution in [0.3, 0.4) is 0 Å². The summed E-state index contributed by atoms with van der Waals surface area (Å²) in [5.41, 5.74) is 0. The summed E-state index contributed by atoms with van der Waals surface area (Å²) in [6.45, 7) is 5.39. The minimum atomic E-state index is 0. The van der Waals surface area contributed by atoms with Crippen molar-refractivity contribution in [3.63, 3.8) is 0 Å². The van der Waals surface area contributed by atoms with Gasteiger partial charge in [-0.05, 0) is 25.7 Å². The van der Waals surface area contributed by atoms with Crippen LogP contribution in [0.15, 0.2) is 11.3 Å². The van der Waals surface area contributed by atoms with Crippen LogP contribution < -0.4 is 10.6 Å². The van der Waals surface area contributed by atoms with Crippen molar-refractivity contribution in [3.8, 4) is 0 Å². The molecule has 1 aromatic heterocycles. The molecule has 26 heavy (non-hydrogen) atoms. The molecule has 1 aromatic rings. The molecule has 0 bridgehead atoms. The van der Waals surface area contributed by atoms with E-state index in [0.29, 0.717) is 6.04 Å². The molecule has 1 unspecified atom stereocenters. The second-order valence-corrected chi connectivity index (χ2v) is 7.02. The summed E-state index contributed by atoms with van der Waals surface area (Å²) in [4.78, 5) is 4.79. The number of guanidine groups is 1. The van der Waals surface area contributed by atoms with Crippen LogP contribution in [0.5, 0.6) is 0 Å². The number of halogens is 1. The summed E-state index contributed by atoms with van der Waals surface area (Å²) in [7, 11) is 0. The Balaban J connectivity index is 0.00000243. The van der Waals surface area contributed by atoms with E-state index in [4.69, 9.17) is 9.73 Å². The van der Waals surface area contributed by atoms with E-state index in [-0.39, 0.29) is 30.1 Å². The number of aromatic nitrogens is 3. The molecule has 2 fully saturated rings. The Morgan fingerprint density at radius 2 is 2.12 bits per heavy atom.